The van der Waals surface area contributed by atoms with E-state index in [1.165, 1.54) is 6.16 Å². The third kappa shape index (κ3) is 17.3. The molecule has 0 aromatic heterocycles. The molecular formula is C11H27ClFeNOP2-. The summed E-state index contributed by atoms with van der Waals surface area (Å²) in [5, 5.41) is 4.50. The minimum atomic E-state index is -0.160. The van der Waals surface area contributed by atoms with Gasteiger partial charge in [-0.3, -0.25) is 6.79 Å². The maximum atomic E-state index is 7.75. The fourth-order valence-electron chi connectivity index (χ4n) is 1.66. The molecule has 0 aliphatic carbocycles. The van der Waals surface area contributed by atoms with Gasteiger partial charge in [0.25, 0.3) is 0 Å². The van der Waals surface area contributed by atoms with E-state index in [9.17, 15) is 0 Å². The molecule has 1 unspecified atom stereocenters. The number of halogens is 1. The van der Waals surface area contributed by atoms with Gasteiger partial charge in [0.1, 0.15) is 0 Å². The predicted molar refractivity (Wildman–Crippen MR) is 85.1 cm³/mol. The van der Waals surface area contributed by atoms with E-state index in [1.807, 2.05) is 0 Å². The topological polar surface area (TPSA) is 31.2 Å². The van der Waals surface area contributed by atoms with Crippen LogP contribution in [0.1, 0.15) is 27.7 Å². The van der Waals surface area contributed by atoms with Crippen molar-refractivity contribution in [1.29, 1.82) is 0 Å². The van der Waals surface area contributed by atoms with Gasteiger partial charge >= 0.3 is 25.2 Å². The standard InChI is InChI=1S/C10H24NP2.CHO.ClH.Fe.H/c1-9(2)13(10(3)4)8-6-11-5-7-12;1-2;;;/h9-10H,5-8,12H2,1-4H3;1H;1H;;/q2*-1;;+1;. The summed E-state index contributed by atoms with van der Waals surface area (Å²) in [4.78, 5) is 7.75. The Labute approximate surface area is 123 Å². The van der Waals surface area contributed by atoms with Crippen LogP contribution in [-0.4, -0.2) is 43.5 Å². The van der Waals surface area contributed by atoms with Crippen molar-refractivity contribution in [3.8, 4) is 0 Å². The summed E-state index contributed by atoms with van der Waals surface area (Å²) in [6.45, 7) is 14.8. The normalized spacial score (nSPS) is 9.82. The summed E-state index contributed by atoms with van der Waals surface area (Å²) >= 11 is 2.41. The van der Waals surface area contributed by atoms with Gasteiger partial charge in [-0.05, 0) is 27.7 Å². The average Bonchev–Trinajstić information content (AvgIpc) is 2.33. The molecule has 6 heteroatoms. The number of hydrogen-bond donors (Lipinski definition) is 0. The van der Waals surface area contributed by atoms with Gasteiger partial charge in [-0.25, -0.2) is 0 Å². The van der Waals surface area contributed by atoms with Crippen molar-refractivity contribution in [3.63, 3.8) is 0 Å². The monoisotopic (exact) mass is 342 g/mol. The first-order valence-electron chi connectivity index (χ1n) is 5.66. The first-order valence-corrected chi connectivity index (χ1v) is 9.96. The van der Waals surface area contributed by atoms with Crippen LogP contribution in [0.15, 0.2) is 0 Å². The van der Waals surface area contributed by atoms with Gasteiger partial charge < -0.3 is 10.1 Å². The predicted octanol–water partition coefficient (Wildman–Crippen LogP) is 3.41. The van der Waals surface area contributed by atoms with Crippen molar-refractivity contribution in [1.82, 2.24) is 0 Å². The number of hydrogen-bond acceptors (Lipinski definition) is 1. The van der Waals surface area contributed by atoms with Gasteiger partial charge in [-0.1, -0.05) is 6.16 Å². The number of carbonyl (C=O) groups excluding carboxylic acids is 1. The molecule has 0 saturated carbocycles. The number of rotatable bonds is 7. The average molecular weight is 343 g/mol. The van der Waals surface area contributed by atoms with Crippen molar-refractivity contribution in [2.24, 2.45) is 0 Å². The summed E-state index contributed by atoms with van der Waals surface area (Å²) in [5.41, 5.74) is 1.80. The summed E-state index contributed by atoms with van der Waals surface area (Å²) in [6, 6.07) is 0. The molecule has 108 valence electrons. The molecule has 2 nitrogen and oxygen atoms in total. The summed E-state index contributed by atoms with van der Waals surface area (Å²) in [7, 11) is 7.02. The Morgan fingerprint density at radius 2 is 1.59 bits per heavy atom. The molecule has 1 atom stereocenters. The van der Waals surface area contributed by atoms with E-state index >= 15 is 0 Å². The maximum absolute atomic E-state index is 7.75. The summed E-state index contributed by atoms with van der Waals surface area (Å²) in [5.74, 6) is 0. The summed E-state index contributed by atoms with van der Waals surface area (Å²) in [6.07, 6.45) is 2.48. The molecule has 0 N–H and O–H groups in total. The van der Waals surface area contributed by atoms with Crippen LogP contribution in [0.25, 0.3) is 5.32 Å². The van der Waals surface area contributed by atoms with Crippen molar-refractivity contribution in [2.75, 3.05) is 25.4 Å². The molecule has 0 bridgehead atoms. The molecule has 0 aliphatic rings. The van der Waals surface area contributed by atoms with E-state index in [2.05, 4.69) is 74.2 Å². The van der Waals surface area contributed by atoms with Crippen LogP contribution >= 0.6 is 27.3 Å². The van der Waals surface area contributed by atoms with Gasteiger partial charge in [0.15, 0.2) is 0 Å². The fraction of sp³-hybridized carbons (Fsp3) is 0.909. The van der Waals surface area contributed by atoms with Gasteiger partial charge in [0.2, 0.25) is 0 Å². The Bertz CT molecular complexity index is 135. The van der Waals surface area contributed by atoms with Crippen LogP contribution in [0.5, 0.6) is 0 Å². The second kappa shape index (κ2) is 19.6. The van der Waals surface area contributed by atoms with E-state index in [-0.39, 0.29) is 7.92 Å². The zero-order valence-electron chi connectivity index (χ0n) is 11.2. The van der Waals surface area contributed by atoms with Crippen LogP contribution in [-0.2, 0) is 19.9 Å². The van der Waals surface area contributed by atoms with E-state index in [1.54, 1.807) is 0 Å². The van der Waals surface area contributed by atoms with Gasteiger partial charge in [-0.2, -0.15) is 0 Å². The third-order valence-electron chi connectivity index (χ3n) is 2.33. The quantitative estimate of drug-likeness (QED) is 0.229. The van der Waals surface area contributed by atoms with Crippen molar-refractivity contribution >= 4 is 34.0 Å². The molecule has 0 aliphatic heterocycles. The first-order chi connectivity index (χ1) is 8.09. The minimum absolute atomic E-state index is 0.160. The van der Waals surface area contributed by atoms with E-state index in [0.29, 0.717) is 0 Å². The molecule has 0 radical (unpaired) electrons. The van der Waals surface area contributed by atoms with Gasteiger partial charge in [0, 0.05) is 14.1 Å². The Balaban J connectivity index is -0.000000439. The third-order valence-corrected chi connectivity index (χ3v) is 6.35. The molecule has 0 rings (SSSR count). The Hall–Kier alpha value is 1.30. The first kappa shape index (κ1) is 23.4. The molecule has 0 heterocycles. The Morgan fingerprint density at radius 1 is 1.18 bits per heavy atom. The molecule has 0 amide bonds. The van der Waals surface area contributed by atoms with Crippen LogP contribution in [0.4, 0.5) is 0 Å². The molecule has 17 heavy (non-hydrogen) atoms. The SMILES string of the molecule is CC(C)[PH+](CC[N-]CCP)C(C)C.[CH-]=O.[Cl][FeH]. The zero-order chi connectivity index (χ0) is 14.3. The molecule has 0 aromatic carbocycles. The Morgan fingerprint density at radius 3 is 1.88 bits per heavy atom. The molecule has 0 spiro atoms. The van der Waals surface area contributed by atoms with Crippen LogP contribution in [0.3, 0.4) is 0 Å². The fourth-order valence-corrected chi connectivity index (χ4v) is 4.74. The van der Waals surface area contributed by atoms with Crippen molar-refractivity contribution in [3.05, 3.63) is 5.32 Å². The molecule has 0 fully saturated rings. The van der Waals surface area contributed by atoms with Crippen molar-refractivity contribution < 1.29 is 19.9 Å². The van der Waals surface area contributed by atoms with Crippen molar-refractivity contribution in [2.45, 2.75) is 39.0 Å². The second-order valence-corrected chi connectivity index (χ2v) is 8.63. The Kier molecular flexibility index (Phi) is 27.0. The molecule has 0 saturated heterocycles. The van der Waals surface area contributed by atoms with Crippen LogP contribution in [0, 0.1) is 0 Å². The van der Waals surface area contributed by atoms with E-state index < -0.39 is 0 Å². The van der Waals surface area contributed by atoms with Crippen LogP contribution in [0.2, 0.25) is 0 Å². The van der Waals surface area contributed by atoms with E-state index in [0.717, 1.165) is 30.6 Å². The second-order valence-electron chi connectivity index (χ2n) is 4.09. The molecular weight excluding hydrogens is 315 g/mol. The van der Waals surface area contributed by atoms with Gasteiger partial charge in [-0.15, -0.1) is 22.3 Å². The molecule has 0 aromatic rings. The van der Waals surface area contributed by atoms with Crippen LogP contribution < -0.4 is 0 Å². The number of nitrogens with zero attached hydrogens (tertiary/aromatic N) is 1. The zero-order valence-corrected chi connectivity index (χ0v) is 15.3. The van der Waals surface area contributed by atoms with E-state index in [4.69, 9.17) is 4.79 Å². The van der Waals surface area contributed by atoms with Gasteiger partial charge in [0.05, 0.1) is 11.3 Å². The summed E-state index contributed by atoms with van der Waals surface area (Å²) < 4.78 is 0.